The number of carbonyl (C=O) groups excluding carboxylic acids is 1. The summed E-state index contributed by atoms with van der Waals surface area (Å²) in [6.07, 6.45) is 1.78. The molecule has 0 saturated carbocycles. The van der Waals surface area contributed by atoms with Gasteiger partial charge in [-0.1, -0.05) is 0 Å². The number of rotatable bonds is 3. The van der Waals surface area contributed by atoms with E-state index < -0.39 is 5.41 Å². The van der Waals surface area contributed by atoms with Crippen LogP contribution in [0.25, 0.3) is 0 Å². The van der Waals surface area contributed by atoms with Crippen molar-refractivity contribution in [2.24, 2.45) is 5.41 Å². The van der Waals surface area contributed by atoms with Crippen LogP contribution >= 0.6 is 15.9 Å². The summed E-state index contributed by atoms with van der Waals surface area (Å²) in [4.78, 5) is 18.7. The van der Waals surface area contributed by atoms with Crippen molar-refractivity contribution in [2.45, 2.75) is 27.4 Å². The summed E-state index contributed by atoms with van der Waals surface area (Å²) < 4.78 is 6.33. The summed E-state index contributed by atoms with van der Waals surface area (Å²) in [5.74, 6) is 0.704. The number of pyridine rings is 1. The Morgan fingerprint density at radius 2 is 2.10 bits per heavy atom. The number of esters is 1. The fourth-order valence-corrected chi connectivity index (χ4v) is 2.48. The normalized spacial score (nSPS) is 15.9. The van der Waals surface area contributed by atoms with Crippen molar-refractivity contribution in [2.75, 3.05) is 31.1 Å². The lowest BCUT2D eigenvalue weighted by Gasteiger charge is -2.30. The second kappa shape index (κ2) is 6.75. The van der Waals surface area contributed by atoms with Gasteiger partial charge in [-0.2, -0.15) is 0 Å². The molecule has 1 aliphatic rings. The maximum absolute atomic E-state index is 11.9. The molecule has 116 valence electrons. The van der Waals surface area contributed by atoms with Gasteiger partial charge in [0.15, 0.2) is 0 Å². The standard InChI is InChI=1S/C15H22BrN3O2/c1-15(2,3)14(20)21-10-11-8-12(16)9-18-13(11)19-6-4-17-5-7-19/h8-9,17H,4-7,10H2,1-3H3. The van der Waals surface area contributed by atoms with E-state index in [0.717, 1.165) is 42.0 Å². The molecule has 2 rings (SSSR count). The third-order valence-corrected chi connectivity index (χ3v) is 3.73. The predicted molar refractivity (Wildman–Crippen MR) is 86.3 cm³/mol. The van der Waals surface area contributed by atoms with E-state index in [1.807, 2.05) is 26.8 Å². The molecule has 0 atom stereocenters. The Bertz CT molecular complexity index is 508. The number of piperazine rings is 1. The molecule has 6 heteroatoms. The third kappa shape index (κ3) is 4.41. The summed E-state index contributed by atoms with van der Waals surface area (Å²) in [5.41, 5.74) is 0.443. The van der Waals surface area contributed by atoms with Crippen LogP contribution in [-0.4, -0.2) is 37.1 Å². The zero-order chi connectivity index (χ0) is 15.5. The van der Waals surface area contributed by atoms with Crippen LogP contribution in [0.1, 0.15) is 26.3 Å². The van der Waals surface area contributed by atoms with Gasteiger partial charge >= 0.3 is 5.97 Å². The summed E-state index contributed by atoms with van der Waals surface area (Å²) in [5, 5.41) is 3.32. The van der Waals surface area contributed by atoms with Gasteiger partial charge in [0.1, 0.15) is 12.4 Å². The number of nitrogens with zero attached hydrogens (tertiary/aromatic N) is 2. The molecule has 0 aromatic carbocycles. The van der Waals surface area contributed by atoms with Crippen LogP contribution in [0.4, 0.5) is 5.82 Å². The SMILES string of the molecule is CC(C)(C)C(=O)OCc1cc(Br)cnc1N1CCNCC1. The molecule has 1 saturated heterocycles. The summed E-state index contributed by atoms with van der Waals surface area (Å²) in [6.45, 7) is 9.52. The molecule has 0 aliphatic carbocycles. The van der Waals surface area contributed by atoms with Crippen molar-refractivity contribution in [3.05, 3.63) is 22.3 Å². The lowest BCUT2D eigenvalue weighted by molar-refractivity contribution is -0.154. The van der Waals surface area contributed by atoms with E-state index in [9.17, 15) is 4.79 Å². The minimum Gasteiger partial charge on any atom is -0.460 e. The lowest BCUT2D eigenvalue weighted by atomic mass is 9.97. The van der Waals surface area contributed by atoms with Gasteiger partial charge in [0.05, 0.1) is 5.41 Å². The number of hydrogen-bond donors (Lipinski definition) is 1. The molecule has 5 nitrogen and oxygen atoms in total. The molecule has 0 amide bonds. The number of aromatic nitrogens is 1. The molecule has 1 N–H and O–H groups in total. The second-order valence-electron chi connectivity index (χ2n) is 6.20. The Morgan fingerprint density at radius 3 is 2.71 bits per heavy atom. The van der Waals surface area contributed by atoms with Crippen LogP contribution in [0.15, 0.2) is 16.7 Å². The topological polar surface area (TPSA) is 54.5 Å². The maximum atomic E-state index is 11.9. The van der Waals surface area contributed by atoms with Crippen LogP contribution < -0.4 is 10.2 Å². The molecule has 1 aliphatic heterocycles. The van der Waals surface area contributed by atoms with Crippen LogP contribution in [0.5, 0.6) is 0 Å². The first-order valence-electron chi connectivity index (χ1n) is 7.15. The number of ether oxygens (including phenoxy) is 1. The average Bonchev–Trinajstić information content (AvgIpc) is 2.44. The number of anilines is 1. The molecule has 1 aromatic rings. The van der Waals surface area contributed by atoms with Crippen molar-refractivity contribution in [1.29, 1.82) is 0 Å². The first-order chi connectivity index (χ1) is 9.88. The lowest BCUT2D eigenvalue weighted by Crippen LogP contribution is -2.44. The van der Waals surface area contributed by atoms with Gasteiger partial charge in [0, 0.05) is 42.4 Å². The zero-order valence-electron chi connectivity index (χ0n) is 12.8. The number of halogens is 1. The molecule has 0 unspecified atom stereocenters. The fourth-order valence-electron chi connectivity index (χ4n) is 2.10. The minimum absolute atomic E-state index is 0.200. The molecule has 0 bridgehead atoms. The molecule has 21 heavy (non-hydrogen) atoms. The molecule has 2 heterocycles. The Morgan fingerprint density at radius 1 is 1.43 bits per heavy atom. The quantitative estimate of drug-likeness (QED) is 0.843. The van der Waals surface area contributed by atoms with Crippen molar-refractivity contribution < 1.29 is 9.53 Å². The van der Waals surface area contributed by atoms with E-state index in [-0.39, 0.29) is 12.6 Å². The smallest absolute Gasteiger partial charge is 0.311 e. The van der Waals surface area contributed by atoms with Gasteiger partial charge in [0.25, 0.3) is 0 Å². The predicted octanol–water partition coefficient (Wildman–Crippen LogP) is 2.34. The van der Waals surface area contributed by atoms with E-state index in [1.165, 1.54) is 0 Å². The highest BCUT2D eigenvalue weighted by molar-refractivity contribution is 9.10. The molecule has 1 aromatic heterocycles. The molecule has 0 radical (unpaired) electrons. The third-order valence-electron chi connectivity index (χ3n) is 3.30. The first kappa shape index (κ1) is 16.2. The maximum Gasteiger partial charge on any atom is 0.311 e. The van der Waals surface area contributed by atoms with Gasteiger partial charge in [-0.05, 0) is 42.8 Å². The van der Waals surface area contributed by atoms with Crippen molar-refractivity contribution >= 4 is 27.7 Å². The molecular formula is C15H22BrN3O2. The Hall–Kier alpha value is -1.14. The monoisotopic (exact) mass is 355 g/mol. The largest absolute Gasteiger partial charge is 0.460 e. The second-order valence-corrected chi connectivity index (χ2v) is 7.12. The Balaban J connectivity index is 2.13. The highest BCUT2D eigenvalue weighted by atomic mass is 79.9. The molecular weight excluding hydrogens is 334 g/mol. The number of hydrogen-bond acceptors (Lipinski definition) is 5. The van der Waals surface area contributed by atoms with Crippen molar-refractivity contribution in [3.8, 4) is 0 Å². The summed E-state index contributed by atoms with van der Waals surface area (Å²) >= 11 is 3.43. The number of carbonyl (C=O) groups is 1. The van der Waals surface area contributed by atoms with E-state index >= 15 is 0 Å². The van der Waals surface area contributed by atoms with Crippen LogP contribution in [0.2, 0.25) is 0 Å². The molecule has 1 fully saturated rings. The Labute approximate surface area is 134 Å². The van der Waals surface area contributed by atoms with Crippen molar-refractivity contribution in [1.82, 2.24) is 10.3 Å². The fraction of sp³-hybridized carbons (Fsp3) is 0.600. The van der Waals surface area contributed by atoms with Gasteiger partial charge < -0.3 is 15.0 Å². The van der Waals surface area contributed by atoms with Gasteiger partial charge in [-0.25, -0.2) is 4.98 Å². The highest BCUT2D eigenvalue weighted by Crippen LogP contribution is 2.24. The Kier molecular flexibility index (Phi) is 5.22. The summed E-state index contributed by atoms with van der Waals surface area (Å²) in [6, 6.07) is 1.97. The molecule has 0 spiro atoms. The van der Waals surface area contributed by atoms with E-state index in [4.69, 9.17) is 4.74 Å². The van der Waals surface area contributed by atoms with E-state index in [1.54, 1.807) is 6.20 Å². The average molecular weight is 356 g/mol. The summed E-state index contributed by atoms with van der Waals surface area (Å²) in [7, 11) is 0. The van der Waals surface area contributed by atoms with Crippen LogP contribution in [-0.2, 0) is 16.1 Å². The van der Waals surface area contributed by atoms with Crippen LogP contribution in [0, 0.1) is 5.41 Å². The van der Waals surface area contributed by atoms with Gasteiger partial charge in [0.2, 0.25) is 0 Å². The highest BCUT2D eigenvalue weighted by Gasteiger charge is 2.24. The number of nitrogens with one attached hydrogen (secondary N) is 1. The van der Waals surface area contributed by atoms with E-state index in [0.29, 0.717) is 0 Å². The minimum atomic E-state index is -0.491. The van der Waals surface area contributed by atoms with Crippen molar-refractivity contribution in [3.63, 3.8) is 0 Å². The van der Waals surface area contributed by atoms with Gasteiger partial charge in [-0.15, -0.1) is 0 Å². The first-order valence-corrected chi connectivity index (χ1v) is 7.94. The van der Waals surface area contributed by atoms with E-state index in [2.05, 4.69) is 31.1 Å². The van der Waals surface area contributed by atoms with Gasteiger partial charge in [-0.3, -0.25) is 4.79 Å². The van der Waals surface area contributed by atoms with Crippen LogP contribution in [0.3, 0.4) is 0 Å². The zero-order valence-corrected chi connectivity index (χ0v) is 14.4.